The zero-order valence-electron chi connectivity index (χ0n) is 9.78. The maximum absolute atomic E-state index is 13.3. The fourth-order valence-electron chi connectivity index (χ4n) is 1.35. The number of carbonyl (C=O) groups excluding carboxylic acids is 1. The molecule has 0 bridgehead atoms. The van der Waals surface area contributed by atoms with Crippen molar-refractivity contribution in [3.8, 4) is 0 Å². The third-order valence-corrected chi connectivity index (χ3v) is 2.29. The van der Waals surface area contributed by atoms with Crippen LogP contribution in [0, 0.1) is 5.82 Å². The number of para-hydroxylation sites is 1. The molecule has 0 spiro atoms. The van der Waals surface area contributed by atoms with Crippen molar-refractivity contribution in [3.63, 3.8) is 0 Å². The lowest BCUT2D eigenvalue weighted by atomic mass is 10.2. The first-order valence-corrected chi connectivity index (χ1v) is 5.33. The van der Waals surface area contributed by atoms with Crippen LogP contribution in [0.5, 0.6) is 0 Å². The molecule has 0 fully saturated rings. The number of rotatable bonds is 2. The van der Waals surface area contributed by atoms with Gasteiger partial charge in [-0.3, -0.25) is 4.79 Å². The van der Waals surface area contributed by atoms with Crippen LogP contribution in [-0.4, -0.2) is 15.9 Å². The van der Waals surface area contributed by atoms with Gasteiger partial charge in [0.1, 0.15) is 5.82 Å². The highest BCUT2D eigenvalue weighted by Gasteiger charge is 2.34. The molecule has 2 aromatic rings. The van der Waals surface area contributed by atoms with Crippen molar-refractivity contribution in [3.05, 3.63) is 53.9 Å². The molecule has 4 nitrogen and oxygen atoms in total. The number of anilines is 1. The summed E-state index contributed by atoms with van der Waals surface area (Å²) in [7, 11) is 0. The van der Waals surface area contributed by atoms with Crippen molar-refractivity contribution in [1.82, 2.24) is 9.97 Å². The lowest BCUT2D eigenvalue weighted by Gasteiger charge is -2.07. The first-order chi connectivity index (χ1) is 9.38. The van der Waals surface area contributed by atoms with Gasteiger partial charge in [0.25, 0.3) is 5.91 Å². The summed E-state index contributed by atoms with van der Waals surface area (Å²) in [4.78, 5) is 17.8. The van der Waals surface area contributed by atoms with E-state index in [2.05, 4.69) is 15.3 Å². The van der Waals surface area contributed by atoms with Crippen LogP contribution in [-0.2, 0) is 6.18 Å². The molecule has 0 aliphatic heterocycles. The van der Waals surface area contributed by atoms with E-state index in [9.17, 15) is 22.4 Å². The van der Waals surface area contributed by atoms with E-state index in [-0.39, 0.29) is 11.3 Å². The molecule has 0 unspecified atom stereocenters. The number of hydrogen-bond acceptors (Lipinski definition) is 3. The molecule has 0 aliphatic rings. The van der Waals surface area contributed by atoms with Crippen molar-refractivity contribution in [1.29, 1.82) is 0 Å². The smallest absolute Gasteiger partial charge is 0.319 e. The molecule has 0 aliphatic carbocycles. The number of hydrogen-bond donors (Lipinski definition) is 1. The van der Waals surface area contributed by atoms with Gasteiger partial charge in [-0.25, -0.2) is 14.4 Å². The summed E-state index contributed by atoms with van der Waals surface area (Å²) in [5.74, 6) is -2.81. The molecule has 20 heavy (non-hydrogen) atoms. The minimum atomic E-state index is -4.68. The van der Waals surface area contributed by atoms with Gasteiger partial charge < -0.3 is 5.32 Å². The van der Waals surface area contributed by atoms with Crippen LogP contribution in [0.4, 0.5) is 23.2 Å². The molecule has 0 saturated heterocycles. The summed E-state index contributed by atoms with van der Waals surface area (Å²) >= 11 is 0. The highest BCUT2D eigenvalue weighted by atomic mass is 19.4. The molecule has 1 aromatic heterocycles. The number of benzene rings is 1. The monoisotopic (exact) mass is 285 g/mol. The summed E-state index contributed by atoms with van der Waals surface area (Å²) in [5.41, 5.74) is -0.293. The Morgan fingerprint density at radius 3 is 2.25 bits per heavy atom. The van der Waals surface area contributed by atoms with E-state index in [4.69, 9.17) is 0 Å². The highest BCUT2D eigenvalue weighted by Crippen LogP contribution is 2.25. The zero-order valence-corrected chi connectivity index (χ0v) is 9.78. The molecular formula is C12H7F4N3O. The molecule has 104 valence electrons. The van der Waals surface area contributed by atoms with Crippen LogP contribution < -0.4 is 5.32 Å². The highest BCUT2D eigenvalue weighted by molar-refractivity contribution is 6.03. The predicted molar refractivity (Wildman–Crippen MR) is 61.4 cm³/mol. The fraction of sp³-hybridized carbons (Fsp3) is 0.0833. The number of carbonyl (C=O) groups is 1. The van der Waals surface area contributed by atoms with Crippen LogP contribution in [0.25, 0.3) is 0 Å². The Morgan fingerprint density at radius 1 is 1.10 bits per heavy atom. The number of halogens is 4. The van der Waals surface area contributed by atoms with Crippen LogP contribution in [0.3, 0.4) is 0 Å². The van der Waals surface area contributed by atoms with Gasteiger partial charge in [0.2, 0.25) is 5.82 Å². The van der Waals surface area contributed by atoms with Gasteiger partial charge in [0.05, 0.1) is 11.3 Å². The average Bonchev–Trinajstić information content (AvgIpc) is 2.40. The number of nitrogens with one attached hydrogen (secondary N) is 1. The third kappa shape index (κ3) is 3.08. The second kappa shape index (κ2) is 5.24. The largest absolute Gasteiger partial charge is 0.451 e. The van der Waals surface area contributed by atoms with E-state index in [0.29, 0.717) is 0 Å². The van der Waals surface area contributed by atoms with Gasteiger partial charge >= 0.3 is 6.18 Å². The van der Waals surface area contributed by atoms with Crippen molar-refractivity contribution < 1.29 is 22.4 Å². The van der Waals surface area contributed by atoms with E-state index < -0.39 is 23.7 Å². The topological polar surface area (TPSA) is 54.9 Å². The zero-order chi connectivity index (χ0) is 14.8. The molecule has 8 heteroatoms. The Kier molecular flexibility index (Phi) is 3.64. The summed E-state index contributed by atoms with van der Waals surface area (Å²) in [6.07, 6.45) is -3.22. The Balaban J connectivity index is 2.16. The van der Waals surface area contributed by atoms with Crippen LogP contribution in [0.15, 0.2) is 36.7 Å². The molecule has 1 heterocycles. The molecule has 1 N–H and O–H groups in total. The van der Waals surface area contributed by atoms with Crippen LogP contribution >= 0.6 is 0 Å². The third-order valence-electron chi connectivity index (χ3n) is 2.29. The molecule has 2 rings (SSSR count). The van der Waals surface area contributed by atoms with Gasteiger partial charge in [0, 0.05) is 12.4 Å². The first kappa shape index (κ1) is 13.9. The molecular weight excluding hydrogens is 278 g/mol. The number of aromatic nitrogens is 2. The second-order valence-electron chi connectivity index (χ2n) is 3.73. The lowest BCUT2D eigenvalue weighted by molar-refractivity contribution is -0.145. The quantitative estimate of drug-likeness (QED) is 0.863. The van der Waals surface area contributed by atoms with Crippen LogP contribution in [0.1, 0.15) is 16.2 Å². The summed E-state index contributed by atoms with van der Waals surface area (Å²) < 4.78 is 50.0. The van der Waals surface area contributed by atoms with E-state index in [0.717, 1.165) is 18.5 Å². The van der Waals surface area contributed by atoms with E-state index in [1.807, 2.05) is 0 Å². The Bertz CT molecular complexity index is 625. The maximum Gasteiger partial charge on any atom is 0.451 e. The standard InChI is InChI=1S/C12H7F4N3O/c13-8-3-1-2-4-9(8)19-10(20)7-5-17-11(18-6-7)12(14,15)16/h1-6H,(H,19,20). The normalized spacial score (nSPS) is 11.2. The van der Waals surface area contributed by atoms with E-state index in [1.54, 1.807) is 0 Å². The lowest BCUT2D eigenvalue weighted by Crippen LogP contribution is -2.16. The SMILES string of the molecule is O=C(Nc1ccccc1F)c1cnc(C(F)(F)F)nc1. The van der Waals surface area contributed by atoms with Gasteiger partial charge in [-0.1, -0.05) is 12.1 Å². The van der Waals surface area contributed by atoms with E-state index >= 15 is 0 Å². The predicted octanol–water partition coefficient (Wildman–Crippen LogP) is 2.89. The number of alkyl halides is 3. The van der Waals surface area contributed by atoms with Crippen molar-refractivity contribution in [2.45, 2.75) is 6.18 Å². The Labute approximate surface area is 110 Å². The molecule has 1 aromatic carbocycles. The maximum atomic E-state index is 13.3. The van der Waals surface area contributed by atoms with Gasteiger partial charge in [-0.15, -0.1) is 0 Å². The minimum Gasteiger partial charge on any atom is -0.319 e. The van der Waals surface area contributed by atoms with Gasteiger partial charge in [-0.05, 0) is 12.1 Å². The molecule has 0 atom stereocenters. The summed E-state index contributed by atoms with van der Waals surface area (Å²) in [5, 5.41) is 2.21. The van der Waals surface area contributed by atoms with Crippen LogP contribution in [0.2, 0.25) is 0 Å². The minimum absolute atomic E-state index is 0.0857. The Morgan fingerprint density at radius 2 is 1.70 bits per heavy atom. The molecule has 1 amide bonds. The van der Waals surface area contributed by atoms with E-state index in [1.165, 1.54) is 18.2 Å². The first-order valence-electron chi connectivity index (χ1n) is 5.33. The summed E-state index contributed by atoms with van der Waals surface area (Å²) in [6.45, 7) is 0. The summed E-state index contributed by atoms with van der Waals surface area (Å²) in [6, 6.07) is 5.39. The fourth-order valence-corrected chi connectivity index (χ4v) is 1.35. The molecule has 0 saturated carbocycles. The number of nitrogens with zero attached hydrogens (tertiary/aromatic N) is 2. The number of amides is 1. The second-order valence-corrected chi connectivity index (χ2v) is 3.73. The van der Waals surface area contributed by atoms with Crippen molar-refractivity contribution in [2.75, 3.05) is 5.32 Å². The Hall–Kier alpha value is -2.51. The van der Waals surface area contributed by atoms with Crippen molar-refractivity contribution >= 4 is 11.6 Å². The molecule has 0 radical (unpaired) electrons. The average molecular weight is 285 g/mol. The van der Waals surface area contributed by atoms with Gasteiger partial charge in [-0.2, -0.15) is 13.2 Å². The van der Waals surface area contributed by atoms with Gasteiger partial charge in [0.15, 0.2) is 0 Å². The van der Waals surface area contributed by atoms with Crippen molar-refractivity contribution in [2.24, 2.45) is 0 Å².